The fourth-order valence-corrected chi connectivity index (χ4v) is 3.06. The molecular formula is C18H27N3O2. The number of nitrogens with zero attached hydrogens (tertiary/aromatic N) is 2. The van der Waals surface area contributed by atoms with Crippen LogP contribution < -0.4 is 5.32 Å². The maximum Gasteiger partial charge on any atom is 0.226 e. The fraction of sp³-hybridized carbons (Fsp3) is 0.556. The summed E-state index contributed by atoms with van der Waals surface area (Å²) in [6.45, 7) is 3.61. The first-order chi connectivity index (χ1) is 10.9. The Morgan fingerprint density at radius 2 is 1.96 bits per heavy atom. The summed E-state index contributed by atoms with van der Waals surface area (Å²) in [6.07, 6.45) is 1.19. The molecule has 0 spiro atoms. The lowest BCUT2D eigenvalue weighted by atomic mass is 9.92. The highest BCUT2D eigenvalue weighted by Crippen LogP contribution is 2.37. The molecule has 1 N–H and O–H groups in total. The molecule has 126 valence electrons. The van der Waals surface area contributed by atoms with Crippen LogP contribution in [0.25, 0.3) is 0 Å². The van der Waals surface area contributed by atoms with E-state index < -0.39 is 0 Å². The van der Waals surface area contributed by atoms with Gasteiger partial charge in [-0.15, -0.1) is 0 Å². The van der Waals surface area contributed by atoms with Crippen LogP contribution in [0.1, 0.15) is 30.0 Å². The van der Waals surface area contributed by atoms with E-state index in [1.54, 1.807) is 11.9 Å². The first-order valence-electron chi connectivity index (χ1n) is 8.15. The molecule has 1 saturated heterocycles. The van der Waals surface area contributed by atoms with Gasteiger partial charge in [-0.3, -0.25) is 9.59 Å². The molecule has 2 unspecified atom stereocenters. The van der Waals surface area contributed by atoms with Gasteiger partial charge >= 0.3 is 0 Å². The number of hydrogen-bond donors (Lipinski definition) is 1. The minimum absolute atomic E-state index is 0.0213. The average molecular weight is 317 g/mol. The van der Waals surface area contributed by atoms with Crippen LogP contribution in [0.15, 0.2) is 24.3 Å². The van der Waals surface area contributed by atoms with Gasteiger partial charge in [-0.1, -0.05) is 29.8 Å². The van der Waals surface area contributed by atoms with E-state index in [2.05, 4.69) is 10.2 Å². The molecule has 1 aliphatic heterocycles. The topological polar surface area (TPSA) is 52.7 Å². The minimum Gasteiger partial charge on any atom is -0.356 e. The largest absolute Gasteiger partial charge is 0.356 e. The molecule has 5 heteroatoms. The molecule has 2 atom stereocenters. The number of rotatable bonds is 6. The van der Waals surface area contributed by atoms with Crippen molar-refractivity contribution in [2.75, 3.05) is 34.2 Å². The second kappa shape index (κ2) is 7.59. The van der Waals surface area contributed by atoms with Crippen LogP contribution in [-0.2, 0) is 9.59 Å². The Hall–Kier alpha value is -1.88. The van der Waals surface area contributed by atoms with Gasteiger partial charge in [-0.2, -0.15) is 0 Å². The van der Waals surface area contributed by atoms with Gasteiger partial charge in [0.2, 0.25) is 11.8 Å². The maximum absolute atomic E-state index is 12.5. The van der Waals surface area contributed by atoms with Crippen molar-refractivity contribution in [2.24, 2.45) is 5.92 Å². The zero-order valence-electron chi connectivity index (χ0n) is 14.5. The summed E-state index contributed by atoms with van der Waals surface area (Å²) in [5, 5.41) is 2.99. The van der Waals surface area contributed by atoms with Crippen molar-refractivity contribution < 1.29 is 9.59 Å². The van der Waals surface area contributed by atoms with Crippen molar-refractivity contribution in [3.63, 3.8) is 0 Å². The van der Waals surface area contributed by atoms with Crippen LogP contribution in [0.2, 0.25) is 0 Å². The molecule has 2 amide bonds. The van der Waals surface area contributed by atoms with E-state index in [-0.39, 0.29) is 30.2 Å². The van der Waals surface area contributed by atoms with E-state index in [0.717, 1.165) is 18.5 Å². The number of likely N-dealkylation sites (tertiary alicyclic amines) is 1. The summed E-state index contributed by atoms with van der Waals surface area (Å²) in [4.78, 5) is 28.4. The Kier molecular flexibility index (Phi) is 5.77. The van der Waals surface area contributed by atoms with Crippen LogP contribution in [0, 0.1) is 12.8 Å². The highest BCUT2D eigenvalue weighted by atomic mass is 16.2. The lowest BCUT2D eigenvalue weighted by Crippen LogP contribution is -2.35. The zero-order valence-corrected chi connectivity index (χ0v) is 14.5. The summed E-state index contributed by atoms with van der Waals surface area (Å²) in [6, 6.07) is 7.91. The molecule has 1 fully saturated rings. The van der Waals surface area contributed by atoms with Crippen LogP contribution in [0.5, 0.6) is 0 Å². The van der Waals surface area contributed by atoms with Crippen LogP contribution in [0.4, 0.5) is 0 Å². The Balaban J connectivity index is 2.04. The number of carbonyl (C=O) groups is 2. The van der Waals surface area contributed by atoms with Crippen molar-refractivity contribution in [1.82, 2.24) is 15.1 Å². The lowest BCUT2D eigenvalue weighted by molar-refractivity contribution is -0.128. The number of carbonyl (C=O) groups excluding carboxylic acids is 2. The van der Waals surface area contributed by atoms with E-state index in [9.17, 15) is 9.59 Å². The van der Waals surface area contributed by atoms with Crippen molar-refractivity contribution in [1.29, 1.82) is 0 Å². The monoisotopic (exact) mass is 317 g/mol. The first-order valence-corrected chi connectivity index (χ1v) is 8.15. The van der Waals surface area contributed by atoms with E-state index in [1.807, 2.05) is 45.3 Å². The number of aryl methyl sites for hydroxylation is 1. The molecule has 0 aromatic heterocycles. The Labute approximate surface area is 138 Å². The second-order valence-electron chi connectivity index (χ2n) is 6.62. The Bertz CT molecular complexity index is 554. The molecule has 0 bridgehead atoms. The average Bonchev–Trinajstić information content (AvgIpc) is 2.80. The van der Waals surface area contributed by atoms with Gasteiger partial charge in [-0.05, 0) is 39.5 Å². The highest BCUT2D eigenvalue weighted by Gasteiger charge is 2.42. The molecule has 0 aliphatic carbocycles. The van der Waals surface area contributed by atoms with Gasteiger partial charge in [-0.25, -0.2) is 0 Å². The van der Waals surface area contributed by atoms with Crippen LogP contribution in [-0.4, -0.2) is 55.8 Å². The van der Waals surface area contributed by atoms with Crippen LogP contribution in [0.3, 0.4) is 0 Å². The van der Waals surface area contributed by atoms with Crippen molar-refractivity contribution in [2.45, 2.75) is 25.8 Å². The third kappa shape index (κ3) is 4.32. The smallest absolute Gasteiger partial charge is 0.226 e. The Morgan fingerprint density at radius 1 is 1.30 bits per heavy atom. The Morgan fingerprint density at radius 3 is 2.57 bits per heavy atom. The first kappa shape index (κ1) is 17.5. The molecule has 5 nitrogen and oxygen atoms in total. The molecule has 1 aromatic carbocycles. The maximum atomic E-state index is 12.5. The van der Waals surface area contributed by atoms with Gasteiger partial charge in [0.15, 0.2) is 0 Å². The van der Waals surface area contributed by atoms with Crippen molar-refractivity contribution in [3.8, 4) is 0 Å². The molecule has 23 heavy (non-hydrogen) atoms. The van der Waals surface area contributed by atoms with Crippen molar-refractivity contribution in [3.05, 3.63) is 35.4 Å². The zero-order chi connectivity index (χ0) is 17.0. The number of amides is 2. The van der Waals surface area contributed by atoms with E-state index >= 15 is 0 Å². The molecule has 0 radical (unpaired) electrons. The fourth-order valence-electron chi connectivity index (χ4n) is 3.06. The summed E-state index contributed by atoms with van der Waals surface area (Å²) in [5.74, 6) is -0.300. The van der Waals surface area contributed by atoms with E-state index in [1.165, 1.54) is 5.56 Å². The third-order valence-electron chi connectivity index (χ3n) is 4.42. The lowest BCUT2D eigenvalue weighted by Gasteiger charge is -2.25. The predicted octanol–water partition coefficient (Wildman–Crippen LogP) is 1.58. The van der Waals surface area contributed by atoms with Gasteiger partial charge in [0.05, 0.1) is 12.0 Å². The number of hydrogen-bond acceptors (Lipinski definition) is 3. The molecule has 1 aliphatic rings. The summed E-state index contributed by atoms with van der Waals surface area (Å²) >= 11 is 0. The highest BCUT2D eigenvalue weighted by molar-refractivity contribution is 5.90. The second-order valence-corrected chi connectivity index (χ2v) is 6.62. The summed E-state index contributed by atoms with van der Waals surface area (Å²) in [5.41, 5.74) is 2.20. The van der Waals surface area contributed by atoms with Gasteiger partial charge < -0.3 is 15.1 Å². The third-order valence-corrected chi connectivity index (χ3v) is 4.42. The van der Waals surface area contributed by atoms with Gasteiger partial charge in [0.25, 0.3) is 0 Å². The minimum atomic E-state index is -0.311. The standard InChI is InChI=1S/C18H27N3O2/c1-13-6-8-14(9-7-13)17-15(12-16(22)21(17)4)18(23)19-10-5-11-20(2)3/h6-9,15,17H,5,10-12H2,1-4H3,(H,19,23). The predicted molar refractivity (Wildman–Crippen MR) is 91.0 cm³/mol. The molecular weight excluding hydrogens is 290 g/mol. The van der Waals surface area contributed by atoms with Crippen molar-refractivity contribution >= 4 is 11.8 Å². The quantitative estimate of drug-likeness (QED) is 0.811. The molecule has 2 rings (SSSR count). The van der Waals surface area contributed by atoms with Crippen LogP contribution >= 0.6 is 0 Å². The molecule has 1 heterocycles. The SMILES string of the molecule is Cc1ccc(C2C(C(=O)NCCCN(C)C)CC(=O)N2C)cc1. The van der Waals surface area contributed by atoms with Gasteiger partial charge in [0, 0.05) is 20.0 Å². The van der Waals surface area contributed by atoms with Gasteiger partial charge in [0.1, 0.15) is 0 Å². The van der Waals surface area contributed by atoms with E-state index in [4.69, 9.17) is 0 Å². The summed E-state index contributed by atoms with van der Waals surface area (Å²) < 4.78 is 0. The number of benzene rings is 1. The molecule has 0 saturated carbocycles. The normalized spacial score (nSPS) is 21.1. The summed E-state index contributed by atoms with van der Waals surface area (Å²) in [7, 11) is 5.81. The number of nitrogens with one attached hydrogen (secondary N) is 1. The van der Waals surface area contributed by atoms with E-state index in [0.29, 0.717) is 6.54 Å². The molecule has 1 aromatic rings.